The summed E-state index contributed by atoms with van der Waals surface area (Å²) in [7, 11) is 5.90. The van der Waals surface area contributed by atoms with Crippen LogP contribution in [0.1, 0.15) is 0 Å². The Bertz CT molecular complexity index is 1000. The molecule has 0 amide bonds. The number of aromatic nitrogens is 4. The number of carbonyl (C=O) groups is 2. The minimum atomic E-state index is -0.250. The first kappa shape index (κ1) is 26.6. The highest BCUT2D eigenvalue weighted by Gasteiger charge is 2.20. The molecule has 34 heavy (non-hydrogen) atoms. The van der Waals surface area contributed by atoms with Gasteiger partial charge in [0.1, 0.15) is 11.4 Å². The smallest absolute Gasteiger partial charge is 0.290 e. The van der Waals surface area contributed by atoms with Crippen LogP contribution in [-0.2, 0) is 23.2 Å². The van der Waals surface area contributed by atoms with Crippen LogP contribution in [0.4, 0.5) is 0 Å². The van der Waals surface area contributed by atoms with Crippen molar-refractivity contribution < 1.29 is 24.5 Å². The van der Waals surface area contributed by atoms with Gasteiger partial charge in [0.15, 0.2) is 5.82 Å². The van der Waals surface area contributed by atoms with Crippen LogP contribution in [0, 0.1) is 0 Å². The Hall–Kier alpha value is -3.70. The summed E-state index contributed by atoms with van der Waals surface area (Å²) in [6.07, 6.45) is 5.76. The minimum Gasteiger partial charge on any atom is -0.497 e. The van der Waals surface area contributed by atoms with Crippen molar-refractivity contribution in [3.05, 3.63) is 43.0 Å². The van der Waals surface area contributed by atoms with E-state index in [1.807, 2.05) is 37.9 Å². The number of piperazine rings is 1. The number of benzene rings is 1. The lowest BCUT2D eigenvalue weighted by Crippen LogP contribution is -2.45. The predicted molar refractivity (Wildman–Crippen MR) is 128 cm³/mol. The second kappa shape index (κ2) is 13.8. The second-order valence-corrected chi connectivity index (χ2v) is 7.58. The number of rotatable bonds is 6. The third-order valence-corrected chi connectivity index (χ3v) is 5.49. The Morgan fingerprint density at radius 1 is 0.971 bits per heavy atom. The maximum Gasteiger partial charge on any atom is 0.290 e. The van der Waals surface area contributed by atoms with Crippen LogP contribution in [0.2, 0.25) is 0 Å². The molecule has 1 aromatic carbocycles. The molecule has 0 unspecified atom stereocenters. The maximum atomic E-state index is 8.36. The number of hydrogen-bond donors (Lipinski definition) is 2. The number of likely N-dealkylation sites (N-methyl/N-ethyl adjacent to an activating group) is 1. The number of hydrogen-bond acceptors (Lipinski definition) is 7. The predicted octanol–water partition coefficient (Wildman–Crippen LogP) is 1.61. The summed E-state index contributed by atoms with van der Waals surface area (Å²) < 4.78 is 9.58. The summed E-state index contributed by atoms with van der Waals surface area (Å²) in [4.78, 5) is 31.0. The monoisotopic (exact) mass is 472 g/mol. The van der Waals surface area contributed by atoms with Gasteiger partial charge in [-0.05, 0) is 31.3 Å². The van der Waals surface area contributed by atoms with Gasteiger partial charge >= 0.3 is 0 Å². The zero-order chi connectivity index (χ0) is 24.9. The van der Waals surface area contributed by atoms with Gasteiger partial charge in [-0.2, -0.15) is 0 Å². The first-order chi connectivity index (χ1) is 16.5. The molecule has 0 spiro atoms. The Balaban J connectivity index is 0.000000618. The summed E-state index contributed by atoms with van der Waals surface area (Å²) in [6, 6.07) is 8.05. The van der Waals surface area contributed by atoms with Crippen molar-refractivity contribution in [3.63, 3.8) is 0 Å². The van der Waals surface area contributed by atoms with Crippen LogP contribution in [-0.4, -0.2) is 98.9 Å². The van der Waals surface area contributed by atoms with Crippen LogP contribution in [0.3, 0.4) is 0 Å². The van der Waals surface area contributed by atoms with Crippen molar-refractivity contribution in [2.75, 3.05) is 46.9 Å². The molecule has 0 saturated carbocycles. The van der Waals surface area contributed by atoms with Crippen LogP contribution >= 0.6 is 0 Å². The average Bonchev–Trinajstić information content (AvgIpc) is 3.45. The molecule has 1 aliphatic heterocycles. The van der Waals surface area contributed by atoms with Crippen molar-refractivity contribution >= 4 is 12.9 Å². The minimum absolute atomic E-state index is 0.250. The van der Waals surface area contributed by atoms with Crippen molar-refractivity contribution in [2.45, 2.75) is 6.54 Å². The van der Waals surface area contributed by atoms with Gasteiger partial charge in [-0.3, -0.25) is 14.5 Å². The summed E-state index contributed by atoms with van der Waals surface area (Å²) in [5, 5.41) is 13.8. The Morgan fingerprint density at radius 2 is 1.59 bits per heavy atom. The molecule has 2 N–H and O–H groups in total. The Labute approximate surface area is 198 Å². The summed E-state index contributed by atoms with van der Waals surface area (Å²) >= 11 is 0. The van der Waals surface area contributed by atoms with Crippen molar-refractivity contribution in [3.8, 4) is 28.5 Å². The topological polar surface area (TPSA) is 126 Å². The fraction of sp³-hybridized carbons (Fsp3) is 0.391. The van der Waals surface area contributed by atoms with E-state index in [1.54, 1.807) is 7.11 Å². The quantitative estimate of drug-likeness (QED) is 0.515. The second-order valence-electron chi connectivity index (χ2n) is 7.58. The number of carboxylic acid groups (broad SMARTS) is 2. The first-order valence-corrected chi connectivity index (χ1v) is 10.7. The third kappa shape index (κ3) is 7.15. The van der Waals surface area contributed by atoms with Gasteiger partial charge in [0, 0.05) is 64.3 Å². The van der Waals surface area contributed by atoms with Gasteiger partial charge in [0.25, 0.3) is 12.9 Å². The number of imidazole rings is 2. The third-order valence-electron chi connectivity index (χ3n) is 5.49. The summed E-state index contributed by atoms with van der Waals surface area (Å²) in [5.74, 6) is 1.78. The van der Waals surface area contributed by atoms with Gasteiger partial charge in [-0.1, -0.05) is 0 Å². The maximum absolute atomic E-state index is 8.36. The molecule has 3 heterocycles. The van der Waals surface area contributed by atoms with E-state index in [1.165, 1.54) is 0 Å². The van der Waals surface area contributed by atoms with Gasteiger partial charge in [-0.25, -0.2) is 9.97 Å². The molecule has 0 aliphatic carbocycles. The molecule has 4 rings (SSSR count). The van der Waals surface area contributed by atoms with E-state index in [2.05, 4.69) is 43.1 Å². The molecule has 11 heteroatoms. The molecule has 2 aromatic heterocycles. The van der Waals surface area contributed by atoms with Gasteiger partial charge in [-0.15, -0.1) is 0 Å². The standard InChI is InChI=1S/C21H28N6O.2CH2O2/c1-24-10-12-26(13-11-24)14-15-27-16-23-19(17-4-6-18(28-3)7-5-17)20(27)21-22-8-9-25(21)2;2*2-1-3/h4-9,16H,10-15H2,1-3H3;2*1H,(H,2,3). The fourth-order valence-electron chi connectivity index (χ4n) is 3.66. The number of nitrogens with zero attached hydrogens (tertiary/aromatic N) is 6. The lowest BCUT2D eigenvalue weighted by atomic mass is 10.1. The zero-order valence-corrected chi connectivity index (χ0v) is 19.7. The molecule has 3 aromatic rings. The van der Waals surface area contributed by atoms with Crippen LogP contribution in [0.5, 0.6) is 5.75 Å². The van der Waals surface area contributed by atoms with Crippen molar-refractivity contribution in [1.29, 1.82) is 0 Å². The highest BCUT2D eigenvalue weighted by Crippen LogP contribution is 2.31. The molecule has 1 aliphatic rings. The van der Waals surface area contributed by atoms with E-state index < -0.39 is 0 Å². The van der Waals surface area contributed by atoms with Gasteiger partial charge < -0.3 is 29.0 Å². The SMILES string of the molecule is COc1ccc(-c2ncn(CCN3CCN(C)CC3)c2-c2nccn2C)cc1.O=CO.O=CO. The zero-order valence-electron chi connectivity index (χ0n) is 19.7. The molecule has 0 radical (unpaired) electrons. The largest absolute Gasteiger partial charge is 0.497 e. The van der Waals surface area contributed by atoms with Crippen LogP contribution in [0.25, 0.3) is 22.8 Å². The lowest BCUT2D eigenvalue weighted by molar-refractivity contribution is -0.123. The number of aryl methyl sites for hydroxylation is 1. The fourth-order valence-corrected chi connectivity index (χ4v) is 3.66. The van der Waals surface area contributed by atoms with Crippen LogP contribution in [0.15, 0.2) is 43.0 Å². The molecular weight excluding hydrogens is 440 g/mol. The van der Waals surface area contributed by atoms with Gasteiger partial charge in [0.2, 0.25) is 0 Å². The normalized spacial score (nSPS) is 13.7. The summed E-state index contributed by atoms with van der Waals surface area (Å²) in [6.45, 7) is 5.92. The van der Waals surface area contributed by atoms with E-state index in [4.69, 9.17) is 29.5 Å². The van der Waals surface area contributed by atoms with Gasteiger partial charge in [0.05, 0.1) is 19.1 Å². The summed E-state index contributed by atoms with van der Waals surface area (Å²) in [5.41, 5.74) is 3.08. The first-order valence-electron chi connectivity index (χ1n) is 10.7. The van der Waals surface area contributed by atoms with Crippen molar-refractivity contribution in [1.82, 2.24) is 28.9 Å². The van der Waals surface area contributed by atoms with E-state index in [-0.39, 0.29) is 12.9 Å². The van der Waals surface area contributed by atoms with E-state index in [0.717, 1.165) is 67.8 Å². The molecule has 1 fully saturated rings. The van der Waals surface area contributed by atoms with Crippen molar-refractivity contribution in [2.24, 2.45) is 7.05 Å². The Kier molecular flexibility index (Phi) is 10.7. The molecular formula is C23H32N6O5. The molecule has 184 valence electrons. The highest BCUT2D eigenvalue weighted by atomic mass is 16.5. The molecule has 0 bridgehead atoms. The van der Waals surface area contributed by atoms with E-state index >= 15 is 0 Å². The van der Waals surface area contributed by atoms with Crippen LogP contribution < -0.4 is 4.74 Å². The molecule has 11 nitrogen and oxygen atoms in total. The lowest BCUT2D eigenvalue weighted by Gasteiger charge is -2.32. The van der Waals surface area contributed by atoms with E-state index in [9.17, 15) is 0 Å². The van der Waals surface area contributed by atoms with E-state index in [0.29, 0.717) is 0 Å². The highest BCUT2D eigenvalue weighted by molar-refractivity contribution is 5.75. The average molecular weight is 473 g/mol. The molecule has 1 saturated heterocycles. The molecule has 0 atom stereocenters. The Morgan fingerprint density at radius 3 is 2.12 bits per heavy atom. The number of ether oxygens (including phenoxy) is 1. The number of methoxy groups -OCH3 is 1.